The molecule has 4 heteroatoms. The molecule has 2 aromatic carbocycles. The molecule has 0 unspecified atom stereocenters. The van der Waals surface area contributed by atoms with Crippen LogP contribution in [0.5, 0.6) is 0 Å². The van der Waals surface area contributed by atoms with Crippen LogP contribution < -0.4 is 5.32 Å². The number of carbonyl (C=O) groups excluding carboxylic acids is 1. The van der Waals surface area contributed by atoms with E-state index in [9.17, 15) is 9.18 Å². The van der Waals surface area contributed by atoms with E-state index in [-0.39, 0.29) is 17.5 Å². The molecule has 98 valence electrons. The maximum absolute atomic E-state index is 13.4. The summed E-state index contributed by atoms with van der Waals surface area (Å²) in [6.45, 7) is 1.93. The fraction of sp³-hybridized carbons (Fsp3) is 0.133. The quantitative estimate of drug-likeness (QED) is 0.858. The number of carbonyl (C=O) groups is 1. The Morgan fingerprint density at radius 3 is 2.58 bits per heavy atom. The molecule has 0 aliphatic rings. The Kier molecular flexibility index (Phi) is 4.58. The first-order valence-electron chi connectivity index (χ1n) is 5.89. The third-order valence-corrected chi connectivity index (χ3v) is 3.66. The molecule has 0 radical (unpaired) electrons. The van der Waals surface area contributed by atoms with E-state index < -0.39 is 0 Å². The number of anilines is 1. The van der Waals surface area contributed by atoms with Gasteiger partial charge in [-0.3, -0.25) is 4.79 Å². The SMILES string of the molecule is Cc1ccccc1NC(=O)CSc1ccccc1F. The highest BCUT2D eigenvalue weighted by Gasteiger charge is 2.07. The van der Waals surface area contributed by atoms with Crippen LogP contribution in [-0.2, 0) is 4.79 Å². The van der Waals surface area contributed by atoms with Gasteiger partial charge < -0.3 is 5.32 Å². The number of rotatable bonds is 4. The van der Waals surface area contributed by atoms with E-state index in [0.29, 0.717) is 4.90 Å². The molecule has 2 nitrogen and oxygen atoms in total. The number of thioether (sulfide) groups is 1. The first-order valence-corrected chi connectivity index (χ1v) is 6.88. The summed E-state index contributed by atoms with van der Waals surface area (Å²) < 4.78 is 13.4. The highest BCUT2D eigenvalue weighted by Crippen LogP contribution is 2.21. The summed E-state index contributed by atoms with van der Waals surface area (Å²) in [6.07, 6.45) is 0. The fourth-order valence-corrected chi connectivity index (χ4v) is 2.34. The molecule has 0 saturated heterocycles. The summed E-state index contributed by atoms with van der Waals surface area (Å²) in [5, 5.41) is 2.82. The predicted molar refractivity (Wildman–Crippen MR) is 76.9 cm³/mol. The predicted octanol–water partition coefficient (Wildman–Crippen LogP) is 3.86. The Labute approximate surface area is 116 Å². The van der Waals surface area contributed by atoms with E-state index in [0.717, 1.165) is 11.3 Å². The van der Waals surface area contributed by atoms with Gasteiger partial charge in [0.2, 0.25) is 5.91 Å². The molecule has 19 heavy (non-hydrogen) atoms. The smallest absolute Gasteiger partial charge is 0.234 e. The molecule has 0 heterocycles. The lowest BCUT2D eigenvalue weighted by Crippen LogP contribution is -2.14. The van der Waals surface area contributed by atoms with Crippen LogP contribution in [0.3, 0.4) is 0 Å². The minimum absolute atomic E-state index is 0.137. The summed E-state index contributed by atoms with van der Waals surface area (Å²) in [5.41, 5.74) is 1.80. The van der Waals surface area contributed by atoms with Gasteiger partial charge in [-0.15, -0.1) is 11.8 Å². The van der Waals surface area contributed by atoms with Gasteiger partial charge in [-0.1, -0.05) is 30.3 Å². The summed E-state index contributed by atoms with van der Waals surface area (Å²) in [5.74, 6) is -0.242. The molecule has 0 aromatic heterocycles. The van der Waals surface area contributed by atoms with Crippen LogP contribution in [0.1, 0.15) is 5.56 Å². The summed E-state index contributed by atoms with van der Waals surface area (Å²) >= 11 is 1.19. The highest BCUT2D eigenvalue weighted by atomic mass is 32.2. The standard InChI is InChI=1S/C15H14FNOS/c1-11-6-2-4-8-13(11)17-15(18)10-19-14-9-5-3-7-12(14)16/h2-9H,10H2,1H3,(H,17,18). The topological polar surface area (TPSA) is 29.1 Å². The van der Waals surface area contributed by atoms with Gasteiger partial charge in [-0.05, 0) is 30.7 Å². The molecule has 1 amide bonds. The van der Waals surface area contributed by atoms with Crippen molar-refractivity contribution >= 4 is 23.4 Å². The van der Waals surface area contributed by atoms with E-state index in [1.54, 1.807) is 18.2 Å². The third-order valence-electron chi connectivity index (χ3n) is 2.61. The van der Waals surface area contributed by atoms with Gasteiger partial charge in [0.05, 0.1) is 5.75 Å². The zero-order valence-corrected chi connectivity index (χ0v) is 11.3. The lowest BCUT2D eigenvalue weighted by Gasteiger charge is -2.08. The Balaban J connectivity index is 1.92. The van der Waals surface area contributed by atoms with Crippen LogP contribution in [0.4, 0.5) is 10.1 Å². The van der Waals surface area contributed by atoms with Crippen LogP contribution in [0.15, 0.2) is 53.4 Å². The van der Waals surface area contributed by atoms with Crippen molar-refractivity contribution in [2.24, 2.45) is 0 Å². The van der Waals surface area contributed by atoms with Crippen molar-refractivity contribution in [2.45, 2.75) is 11.8 Å². The van der Waals surface area contributed by atoms with E-state index >= 15 is 0 Å². The molecule has 0 saturated carbocycles. The Hall–Kier alpha value is -1.81. The van der Waals surface area contributed by atoms with Crippen molar-refractivity contribution in [3.05, 3.63) is 59.9 Å². The van der Waals surface area contributed by atoms with Gasteiger partial charge >= 0.3 is 0 Å². The van der Waals surface area contributed by atoms with E-state index in [4.69, 9.17) is 0 Å². The molecule has 1 N–H and O–H groups in total. The first kappa shape index (κ1) is 13.6. The first-order chi connectivity index (χ1) is 9.16. The van der Waals surface area contributed by atoms with Crippen molar-refractivity contribution in [1.82, 2.24) is 0 Å². The maximum Gasteiger partial charge on any atom is 0.234 e. The van der Waals surface area contributed by atoms with E-state index in [2.05, 4.69) is 5.32 Å². The molecule has 0 spiro atoms. The van der Waals surface area contributed by atoms with Crippen molar-refractivity contribution in [1.29, 1.82) is 0 Å². The van der Waals surface area contributed by atoms with Crippen molar-refractivity contribution in [2.75, 3.05) is 11.1 Å². The van der Waals surface area contributed by atoms with Gasteiger partial charge in [0.25, 0.3) is 0 Å². The maximum atomic E-state index is 13.4. The average Bonchev–Trinajstić information content (AvgIpc) is 2.40. The molecule has 0 aliphatic carbocycles. The molecule has 2 rings (SSSR count). The Bertz CT molecular complexity index is 586. The monoisotopic (exact) mass is 275 g/mol. The van der Waals surface area contributed by atoms with Crippen LogP contribution in [0.25, 0.3) is 0 Å². The molecule has 2 aromatic rings. The number of para-hydroxylation sites is 1. The van der Waals surface area contributed by atoms with Crippen molar-refractivity contribution < 1.29 is 9.18 Å². The van der Waals surface area contributed by atoms with E-state index in [1.807, 2.05) is 31.2 Å². The number of halogens is 1. The number of hydrogen-bond acceptors (Lipinski definition) is 2. The lowest BCUT2D eigenvalue weighted by atomic mass is 10.2. The largest absolute Gasteiger partial charge is 0.325 e. The van der Waals surface area contributed by atoms with Crippen molar-refractivity contribution in [3.8, 4) is 0 Å². The number of hydrogen-bond donors (Lipinski definition) is 1. The number of benzene rings is 2. The summed E-state index contributed by atoms with van der Waals surface area (Å²) in [4.78, 5) is 12.3. The third kappa shape index (κ3) is 3.83. The Morgan fingerprint density at radius 2 is 1.84 bits per heavy atom. The normalized spacial score (nSPS) is 10.2. The lowest BCUT2D eigenvalue weighted by molar-refractivity contribution is -0.113. The van der Waals surface area contributed by atoms with Crippen LogP contribution in [-0.4, -0.2) is 11.7 Å². The molecular formula is C15H14FNOS. The van der Waals surface area contributed by atoms with Crippen LogP contribution in [0.2, 0.25) is 0 Å². The average molecular weight is 275 g/mol. The number of aryl methyl sites for hydroxylation is 1. The molecule has 0 bridgehead atoms. The summed E-state index contributed by atoms with van der Waals surface area (Å²) in [7, 11) is 0. The minimum atomic E-state index is -0.295. The summed E-state index contributed by atoms with van der Waals surface area (Å²) in [6, 6.07) is 14.0. The molecule has 0 atom stereocenters. The van der Waals surface area contributed by atoms with Crippen LogP contribution >= 0.6 is 11.8 Å². The molecular weight excluding hydrogens is 261 g/mol. The zero-order valence-electron chi connectivity index (χ0n) is 10.5. The van der Waals surface area contributed by atoms with Gasteiger partial charge in [0, 0.05) is 10.6 Å². The van der Waals surface area contributed by atoms with Gasteiger partial charge in [-0.2, -0.15) is 0 Å². The second-order valence-corrected chi connectivity index (χ2v) is 5.10. The van der Waals surface area contributed by atoms with Crippen molar-refractivity contribution in [3.63, 3.8) is 0 Å². The van der Waals surface area contributed by atoms with E-state index in [1.165, 1.54) is 17.8 Å². The minimum Gasteiger partial charge on any atom is -0.325 e. The number of nitrogens with one attached hydrogen (secondary N) is 1. The Morgan fingerprint density at radius 1 is 1.16 bits per heavy atom. The second-order valence-electron chi connectivity index (χ2n) is 4.08. The van der Waals surface area contributed by atoms with Gasteiger partial charge in [-0.25, -0.2) is 4.39 Å². The number of amides is 1. The van der Waals surface area contributed by atoms with Crippen LogP contribution in [0, 0.1) is 12.7 Å². The molecule has 0 fully saturated rings. The van der Waals surface area contributed by atoms with Gasteiger partial charge in [0.15, 0.2) is 0 Å². The fourth-order valence-electron chi connectivity index (χ4n) is 1.60. The second kappa shape index (κ2) is 6.38. The highest BCUT2D eigenvalue weighted by molar-refractivity contribution is 8.00. The molecule has 0 aliphatic heterocycles. The zero-order chi connectivity index (χ0) is 13.7. The van der Waals surface area contributed by atoms with Gasteiger partial charge in [0.1, 0.15) is 5.82 Å².